The van der Waals surface area contributed by atoms with Crippen LogP contribution in [0.1, 0.15) is 20.3 Å². The topological polar surface area (TPSA) is 25.2 Å². The number of furan rings is 1. The molecule has 1 heterocycles. The van der Waals surface area contributed by atoms with E-state index in [9.17, 15) is 0 Å². The van der Waals surface area contributed by atoms with Gasteiger partial charge in [-0.3, -0.25) is 0 Å². The minimum Gasteiger partial charge on any atom is -0.449 e. The molecule has 0 aliphatic carbocycles. The second-order valence-electron chi connectivity index (χ2n) is 3.09. The lowest BCUT2D eigenvalue weighted by atomic mass is 10.1. The molecule has 1 aromatic heterocycles. The van der Waals surface area contributed by atoms with Gasteiger partial charge >= 0.3 is 0 Å². The number of rotatable bonds is 4. The quantitative estimate of drug-likeness (QED) is 0.719. The Balaban J connectivity index is 2.14. The molecular formula is C9H15NO. The Hall–Kier alpha value is -0.920. The fraction of sp³-hybridized carbons (Fsp3) is 0.556. The van der Waals surface area contributed by atoms with Crippen LogP contribution in [0.3, 0.4) is 0 Å². The minimum absolute atomic E-state index is 0.748. The number of hydrogen-bond donors (Lipinski definition) is 1. The van der Waals surface area contributed by atoms with Gasteiger partial charge in [0.2, 0.25) is 0 Å². The van der Waals surface area contributed by atoms with E-state index in [1.165, 1.54) is 6.42 Å². The largest absolute Gasteiger partial charge is 0.449 e. The maximum Gasteiger partial charge on any atom is 0.192 e. The van der Waals surface area contributed by atoms with Crippen molar-refractivity contribution in [2.24, 2.45) is 5.92 Å². The van der Waals surface area contributed by atoms with Crippen molar-refractivity contribution in [1.29, 1.82) is 0 Å². The predicted octanol–water partition coefficient (Wildman–Crippen LogP) is 2.74. The van der Waals surface area contributed by atoms with Crippen LogP contribution in [0, 0.1) is 5.92 Å². The maximum absolute atomic E-state index is 5.10. The molecule has 0 aliphatic heterocycles. The lowest BCUT2D eigenvalue weighted by molar-refractivity contribution is 0.562. The van der Waals surface area contributed by atoms with Crippen LogP contribution < -0.4 is 5.32 Å². The predicted molar refractivity (Wildman–Crippen MR) is 46.7 cm³/mol. The van der Waals surface area contributed by atoms with Crippen molar-refractivity contribution in [3.63, 3.8) is 0 Å². The first-order valence-corrected chi connectivity index (χ1v) is 4.06. The van der Waals surface area contributed by atoms with E-state index in [-0.39, 0.29) is 0 Å². The van der Waals surface area contributed by atoms with E-state index in [0.717, 1.165) is 18.3 Å². The van der Waals surface area contributed by atoms with Gasteiger partial charge in [0.1, 0.15) is 0 Å². The van der Waals surface area contributed by atoms with Crippen LogP contribution in [0.15, 0.2) is 22.8 Å². The maximum atomic E-state index is 5.10. The Morgan fingerprint density at radius 3 is 2.91 bits per heavy atom. The molecule has 0 fully saturated rings. The van der Waals surface area contributed by atoms with Crippen LogP contribution in [0.5, 0.6) is 0 Å². The van der Waals surface area contributed by atoms with Crippen molar-refractivity contribution in [2.75, 3.05) is 11.9 Å². The van der Waals surface area contributed by atoms with Crippen LogP contribution in [-0.2, 0) is 0 Å². The Labute approximate surface area is 67.6 Å². The second kappa shape index (κ2) is 4.06. The molecule has 1 aromatic rings. The van der Waals surface area contributed by atoms with Crippen LogP contribution >= 0.6 is 0 Å². The van der Waals surface area contributed by atoms with E-state index < -0.39 is 0 Å². The molecule has 0 bridgehead atoms. The highest BCUT2D eigenvalue weighted by Gasteiger charge is 1.94. The average Bonchev–Trinajstić information content (AvgIpc) is 2.39. The summed E-state index contributed by atoms with van der Waals surface area (Å²) < 4.78 is 5.10. The number of anilines is 1. The molecule has 62 valence electrons. The smallest absolute Gasteiger partial charge is 0.192 e. The van der Waals surface area contributed by atoms with E-state index in [1.807, 2.05) is 12.1 Å². The van der Waals surface area contributed by atoms with Gasteiger partial charge in [-0.1, -0.05) is 13.8 Å². The van der Waals surface area contributed by atoms with Gasteiger partial charge in [0.15, 0.2) is 5.88 Å². The molecule has 11 heavy (non-hydrogen) atoms. The summed E-state index contributed by atoms with van der Waals surface area (Å²) in [6.07, 6.45) is 2.86. The SMILES string of the molecule is CC(C)CCNc1ccco1. The summed E-state index contributed by atoms with van der Waals surface area (Å²) in [5.41, 5.74) is 0. The Morgan fingerprint density at radius 2 is 2.36 bits per heavy atom. The van der Waals surface area contributed by atoms with E-state index >= 15 is 0 Å². The Morgan fingerprint density at radius 1 is 1.55 bits per heavy atom. The number of nitrogens with one attached hydrogen (secondary N) is 1. The van der Waals surface area contributed by atoms with E-state index in [0.29, 0.717) is 0 Å². The molecule has 0 spiro atoms. The normalized spacial score (nSPS) is 10.5. The summed E-state index contributed by atoms with van der Waals surface area (Å²) in [5.74, 6) is 1.61. The third-order valence-corrected chi connectivity index (χ3v) is 1.54. The van der Waals surface area contributed by atoms with Crippen LogP contribution in [0.25, 0.3) is 0 Å². The molecular weight excluding hydrogens is 138 g/mol. The van der Waals surface area contributed by atoms with Crippen molar-refractivity contribution in [1.82, 2.24) is 0 Å². The molecule has 0 radical (unpaired) electrons. The molecule has 0 aliphatic rings. The van der Waals surface area contributed by atoms with Gasteiger partial charge in [-0.05, 0) is 18.4 Å². The van der Waals surface area contributed by atoms with E-state index in [4.69, 9.17) is 4.42 Å². The molecule has 0 aromatic carbocycles. The third-order valence-electron chi connectivity index (χ3n) is 1.54. The molecule has 2 nitrogen and oxygen atoms in total. The van der Waals surface area contributed by atoms with E-state index in [2.05, 4.69) is 19.2 Å². The zero-order chi connectivity index (χ0) is 8.10. The Bertz CT molecular complexity index is 179. The zero-order valence-corrected chi connectivity index (χ0v) is 7.13. The van der Waals surface area contributed by atoms with Gasteiger partial charge in [-0.2, -0.15) is 0 Å². The van der Waals surface area contributed by atoms with Gasteiger partial charge in [0, 0.05) is 12.6 Å². The lowest BCUT2D eigenvalue weighted by Gasteiger charge is -2.04. The molecule has 1 rings (SSSR count). The highest BCUT2D eigenvalue weighted by Crippen LogP contribution is 2.07. The number of hydrogen-bond acceptors (Lipinski definition) is 2. The molecule has 0 saturated heterocycles. The first-order valence-electron chi connectivity index (χ1n) is 4.06. The van der Waals surface area contributed by atoms with Crippen molar-refractivity contribution in [3.05, 3.63) is 18.4 Å². The highest BCUT2D eigenvalue weighted by atomic mass is 16.3. The van der Waals surface area contributed by atoms with Gasteiger partial charge in [0.25, 0.3) is 0 Å². The summed E-state index contributed by atoms with van der Waals surface area (Å²) in [7, 11) is 0. The molecule has 1 N–H and O–H groups in total. The van der Waals surface area contributed by atoms with Crippen molar-refractivity contribution in [2.45, 2.75) is 20.3 Å². The third kappa shape index (κ3) is 3.12. The summed E-state index contributed by atoms with van der Waals surface area (Å²) in [5, 5.41) is 3.19. The molecule has 2 heteroatoms. The summed E-state index contributed by atoms with van der Waals surface area (Å²) in [4.78, 5) is 0. The van der Waals surface area contributed by atoms with Gasteiger partial charge in [0.05, 0.1) is 6.26 Å². The van der Waals surface area contributed by atoms with Crippen molar-refractivity contribution >= 4 is 5.88 Å². The molecule has 0 unspecified atom stereocenters. The fourth-order valence-corrected chi connectivity index (χ4v) is 0.863. The van der Waals surface area contributed by atoms with Gasteiger partial charge < -0.3 is 9.73 Å². The van der Waals surface area contributed by atoms with Gasteiger partial charge in [-0.15, -0.1) is 0 Å². The van der Waals surface area contributed by atoms with Crippen molar-refractivity contribution in [3.8, 4) is 0 Å². The Kier molecular flexibility index (Phi) is 3.02. The average molecular weight is 153 g/mol. The van der Waals surface area contributed by atoms with Crippen LogP contribution in [-0.4, -0.2) is 6.54 Å². The second-order valence-corrected chi connectivity index (χ2v) is 3.09. The first kappa shape index (κ1) is 8.18. The van der Waals surface area contributed by atoms with Crippen LogP contribution in [0.4, 0.5) is 5.88 Å². The highest BCUT2D eigenvalue weighted by molar-refractivity contribution is 5.29. The molecule has 0 atom stereocenters. The van der Waals surface area contributed by atoms with Gasteiger partial charge in [-0.25, -0.2) is 0 Å². The summed E-state index contributed by atoms with van der Waals surface area (Å²) in [6, 6.07) is 3.82. The van der Waals surface area contributed by atoms with Crippen LogP contribution in [0.2, 0.25) is 0 Å². The monoisotopic (exact) mass is 153 g/mol. The summed E-state index contributed by atoms with van der Waals surface area (Å²) >= 11 is 0. The lowest BCUT2D eigenvalue weighted by Crippen LogP contribution is -2.03. The van der Waals surface area contributed by atoms with E-state index in [1.54, 1.807) is 6.26 Å². The standard InChI is InChI=1S/C9H15NO/c1-8(2)5-6-10-9-4-3-7-11-9/h3-4,7-8,10H,5-6H2,1-2H3. The zero-order valence-electron chi connectivity index (χ0n) is 7.13. The minimum atomic E-state index is 0.748. The molecule has 0 amide bonds. The first-order chi connectivity index (χ1) is 5.29. The van der Waals surface area contributed by atoms with Crippen molar-refractivity contribution < 1.29 is 4.42 Å². The fourth-order valence-electron chi connectivity index (χ4n) is 0.863. The summed E-state index contributed by atoms with van der Waals surface area (Å²) in [6.45, 7) is 5.42. The molecule has 0 saturated carbocycles.